The summed E-state index contributed by atoms with van der Waals surface area (Å²) in [6, 6.07) is 0. The highest BCUT2D eigenvalue weighted by Gasteiger charge is 2.70. The Balaban J connectivity index is 1.52. The van der Waals surface area contributed by atoms with Crippen molar-refractivity contribution in [1.82, 2.24) is 0 Å². The third kappa shape index (κ3) is 3.47. The Bertz CT molecular complexity index is 868. The average molecular weight is 487 g/mol. The average Bonchev–Trinajstić information content (AvgIpc) is 3.20. The molecule has 5 rings (SSSR count). The molecular formula is C31H50O4. The zero-order valence-electron chi connectivity index (χ0n) is 22.9. The number of fused-ring (bicyclic) bond motifs is 7. The van der Waals surface area contributed by atoms with E-state index in [-0.39, 0.29) is 34.9 Å². The van der Waals surface area contributed by atoms with Gasteiger partial charge in [-0.2, -0.15) is 0 Å². The molecule has 0 aliphatic heterocycles. The van der Waals surface area contributed by atoms with Crippen molar-refractivity contribution in [1.29, 1.82) is 0 Å². The Kier molecular flexibility index (Phi) is 6.32. The first kappa shape index (κ1) is 25.8. The molecule has 0 heterocycles. The monoisotopic (exact) mass is 486 g/mol. The number of hydrogen-bond acceptors (Lipinski definition) is 4. The zero-order chi connectivity index (χ0) is 25.4. The fourth-order valence-corrected chi connectivity index (χ4v) is 11.4. The van der Waals surface area contributed by atoms with Crippen LogP contribution in [-0.4, -0.2) is 35.5 Å². The molecule has 198 valence electrons. The molecular weight excluding hydrogens is 436 g/mol. The van der Waals surface area contributed by atoms with E-state index in [4.69, 9.17) is 4.74 Å². The quantitative estimate of drug-likeness (QED) is 0.369. The number of carbonyl (C=O) groups is 1. The third-order valence-corrected chi connectivity index (χ3v) is 13.5. The van der Waals surface area contributed by atoms with E-state index < -0.39 is 0 Å². The number of aliphatic hydroxyl groups is 2. The maximum absolute atomic E-state index is 11.8. The van der Waals surface area contributed by atoms with Gasteiger partial charge < -0.3 is 14.9 Å². The molecule has 11 atom stereocenters. The molecule has 2 N–H and O–H groups in total. The Morgan fingerprint density at radius 1 is 0.943 bits per heavy atom. The second-order valence-corrected chi connectivity index (χ2v) is 14.3. The second-order valence-electron chi connectivity index (χ2n) is 14.3. The van der Waals surface area contributed by atoms with Crippen molar-refractivity contribution in [3.8, 4) is 0 Å². The topological polar surface area (TPSA) is 66.8 Å². The van der Waals surface area contributed by atoms with Gasteiger partial charge in [0.15, 0.2) is 0 Å². The van der Waals surface area contributed by atoms with E-state index >= 15 is 0 Å². The Morgan fingerprint density at radius 2 is 1.69 bits per heavy atom. The summed E-state index contributed by atoms with van der Waals surface area (Å²) >= 11 is 0. The van der Waals surface area contributed by atoms with E-state index in [1.165, 1.54) is 39.0 Å². The van der Waals surface area contributed by atoms with Crippen molar-refractivity contribution >= 4 is 5.97 Å². The first-order valence-electron chi connectivity index (χ1n) is 14.5. The van der Waals surface area contributed by atoms with E-state index in [2.05, 4.69) is 34.3 Å². The highest BCUT2D eigenvalue weighted by molar-refractivity contribution is 5.65. The van der Waals surface area contributed by atoms with Crippen molar-refractivity contribution in [2.75, 3.05) is 13.2 Å². The lowest BCUT2D eigenvalue weighted by molar-refractivity contribution is -0.238. The van der Waals surface area contributed by atoms with Gasteiger partial charge in [-0.25, -0.2) is 0 Å². The van der Waals surface area contributed by atoms with Crippen molar-refractivity contribution in [3.05, 3.63) is 12.2 Å². The minimum atomic E-state index is -0.175. The smallest absolute Gasteiger partial charge is 0.302 e. The minimum absolute atomic E-state index is 0.0341. The highest BCUT2D eigenvalue weighted by Crippen LogP contribution is 2.76. The number of rotatable bonds is 4. The van der Waals surface area contributed by atoms with Gasteiger partial charge >= 0.3 is 5.97 Å². The summed E-state index contributed by atoms with van der Waals surface area (Å²) in [6.07, 6.45) is 11.4. The van der Waals surface area contributed by atoms with E-state index in [0.717, 1.165) is 37.7 Å². The first-order valence-corrected chi connectivity index (χ1v) is 14.5. The molecule has 5 aliphatic carbocycles. The SMILES string of the molecule is C=C(CO)[C@@H]1CC[C@]2(COC(C)=O)CC[C@]3(C)C(CCC4[C@@]5(C)CC[C@H](O)[C@H](C)C5CC[C@]43C)C12. The lowest BCUT2D eigenvalue weighted by Gasteiger charge is -2.72. The molecule has 0 aromatic heterocycles. The number of aliphatic hydroxyl groups excluding tert-OH is 2. The van der Waals surface area contributed by atoms with Gasteiger partial charge in [-0.15, -0.1) is 0 Å². The molecule has 35 heavy (non-hydrogen) atoms. The van der Waals surface area contributed by atoms with Crippen molar-refractivity contribution < 1.29 is 19.7 Å². The maximum atomic E-state index is 11.8. The molecule has 0 bridgehead atoms. The predicted molar refractivity (Wildman–Crippen MR) is 138 cm³/mol. The van der Waals surface area contributed by atoms with Crippen molar-refractivity contribution in [3.63, 3.8) is 0 Å². The number of ether oxygens (including phenoxy) is 1. The molecule has 0 amide bonds. The maximum Gasteiger partial charge on any atom is 0.302 e. The summed E-state index contributed by atoms with van der Waals surface area (Å²) in [7, 11) is 0. The normalized spacial score (nSPS) is 53.1. The van der Waals surface area contributed by atoms with Gasteiger partial charge in [0.25, 0.3) is 0 Å². The van der Waals surface area contributed by atoms with Gasteiger partial charge in [-0.1, -0.05) is 34.3 Å². The van der Waals surface area contributed by atoms with Crippen LogP contribution in [0, 0.1) is 57.2 Å². The molecule has 0 aromatic carbocycles. The molecule has 5 aliphatic rings. The highest BCUT2D eigenvalue weighted by atomic mass is 16.5. The van der Waals surface area contributed by atoms with Crippen molar-refractivity contribution in [2.45, 2.75) is 105 Å². The first-order chi connectivity index (χ1) is 16.4. The summed E-state index contributed by atoms with van der Waals surface area (Å²) in [5, 5.41) is 20.8. The van der Waals surface area contributed by atoms with E-state index in [1.807, 2.05) is 0 Å². The largest absolute Gasteiger partial charge is 0.465 e. The van der Waals surface area contributed by atoms with Gasteiger partial charge in [0, 0.05) is 12.3 Å². The molecule has 4 heteroatoms. The zero-order valence-corrected chi connectivity index (χ0v) is 22.9. The Labute approximate surface area is 213 Å². The summed E-state index contributed by atoms with van der Waals surface area (Å²) < 4.78 is 5.75. The molecule has 0 radical (unpaired) electrons. The second kappa shape index (κ2) is 8.58. The van der Waals surface area contributed by atoms with Crippen LogP contribution in [0.4, 0.5) is 0 Å². The fraction of sp³-hybridized carbons (Fsp3) is 0.903. The van der Waals surface area contributed by atoms with Gasteiger partial charge in [0.05, 0.1) is 19.3 Å². The molecule has 0 spiro atoms. The van der Waals surface area contributed by atoms with Gasteiger partial charge in [0.2, 0.25) is 0 Å². The summed E-state index contributed by atoms with van der Waals surface area (Å²) in [5.74, 6) is 2.91. The molecule has 5 saturated carbocycles. The number of carbonyl (C=O) groups excluding carboxylic acids is 1. The third-order valence-electron chi connectivity index (χ3n) is 13.5. The summed E-state index contributed by atoms with van der Waals surface area (Å²) in [5.41, 5.74) is 1.86. The molecule has 5 fully saturated rings. The van der Waals surface area contributed by atoms with Crippen LogP contribution >= 0.6 is 0 Å². The lowest BCUT2D eigenvalue weighted by atomic mass is 9.33. The molecule has 4 nitrogen and oxygen atoms in total. The molecule has 0 saturated heterocycles. The predicted octanol–water partition coefficient (Wildman–Crippen LogP) is 6.15. The summed E-state index contributed by atoms with van der Waals surface area (Å²) in [4.78, 5) is 11.8. The van der Waals surface area contributed by atoms with Crippen LogP contribution in [0.15, 0.2) is 12.2 Å². The molecule has 4 unspecified atom stereocenters. The van der Waals surface area contributed by atoms with Crippen LogP contribution in [-0.2, 0) is 9.53 Å². The lowest BCUT2D eigenvalue weighted by Crippen LogP contribution is -2.65. The van der Waals surface area contributed by atoms with E-state index in [1.54, 1.807) is 0 Å². The van der Waals surface area contributed by atoms with Crippen LogP contribution < -0.4 is 0 Å². The van der Waals surface area contributed by atoms with Crippen LogP contribution in [0.5, 0.6) is 0 Å². The van der Waals surface area contributed by atoms with E-state index in [0.29, 0.717) is 47.5 Å². The van der Waals surface area contributed by atoms with Gasteiger partial charge in [-0.05, 0) is 122 Å². The minimum Gasteiger partial charge on any atom is -0.465 e. The number of hydrogen-bond donors (Lipinski definition) is 2. The molecule has 0 aromatic rings. The standard InChI is InChI=1S/C31H50O4/c1-19(17-32)22-9-14-31(18-35-21(3)33)16-15-29(5)24(27(22)31)7-8-26-28(4)12-11-25(34)20(2)23(28)10-13-30(26,29)6/h20,22-27,32,34H,1,7-18H2,2-6H3/t20-,22+,23?,24?,25+,26?,27?,28+,29-,30-,31-/m1/s1. The van der Waals surface area contributed by atoms with Gasteiger partial charge in [0.1, 0.15) is 0 Å². The van der Waals surface area contributed by atoms with E-state index in [9.17, 15) is 15.0 Å². The van der Waals surface area contributed by atoms with Crippen LogP contribution in [0.1, 0.15) is 98.8 Å². The van der Waals surface area contributed by atoms with Gasteiger partial charge in [-0.3, -0.25) is 4.79 Å². The number of esters is 1. The summed E-state index contributed by atoms with van der Waals surface area (Å²) in [6.45, 7) is 16.6. The van der Waals surface area contributed by atoms with Crippen LogP contribution in [0.2, 0.25) is 0 Å². The van der Waals surface area contributed by atoms with Crippen LogP contribution in [0.3, 0.4) is 0 Å². The Hall–Kier alpha value is -0.870. The van der Waals surface area contributed by atoms with Crippen molar-refractivity contribution in [2.24, 2.45) is 57.2 Å². The fourth-order valence-electron chi connectivity index (χ4n) is 11.4. The Morgan fingerprint density at radius 3 is 2.37 bits per heavy atom. The van der Waals surface area contributed by atoms with Crippen LogP contribution in [0.25, 0.3) is 0 Å².